The van der Waals surface area contributed by atoms with Gasteiger partial charge in [0.15, 0.2) is 0 Å². The molecule has 19 heavy (non-hydrogen) atoms. The second-order valence-electron chi connectivity index (χ2n) is 3.56. The highest BCUT2D eigenvalue weighted by Gasteiger charge is 2.13. The van der Waals surface area contributed by atoms with Gasteiger partial charge in [0.25, 0.3) is 5.69 Å². The molecule has 0 fully saturated rings. The molecule has 0 amide bonds. The van der Waals surface area contributed by atoms with E-state index in [0.717, 1.165) is 0 Å². The van der Waals surface area contributed by atoms with Gasteiger partial charge < -0.3 is 9.15 Å². The second kappa shape index (κ2) is 5.25. The molecule has 2 aromatic rings. The van der Waals surface area contributed by atoms with Crippen LogP contribution in [-0.4, -0.2) is 28.2 Å². The first-order valence-corrected chi connectivity index (χ1v) is 5.24. The van der Waals surface area contributed by atoms with E-state index < -0.39 is 10.9 Å². The lowest BCUT2D eigenvalue weighted by Gasteiger charge is -1.95. The third-order valence-electron chi connectivity index (χ3n) is 2.32. The number of ether oxygens (including phenoxy) is 1. The molecule has 0 aliphatic carbocycles. The van der Waals surface area contributed by atoms with Crippen molar-refractivity contribution in [2.45, 2.75) is 6.42 Å². The van der Waals surface area contributed by atoms with Crippen molar-refractivity contribution in [2.75, 3.05) is 7.11 Å². The molecular formula is C11H9N3O5. The minimum atomic E-state index is -0.500. The van der Waals surface area contributed by atoms with Crippen LogP contribution < -0.4 is 0 Å². The first-order chi connectivity index (χ1) is 9.10. The van der Waals surface area contributed by atoms with E-state index in [1.165, 1.54) is 31.4 Å². The van der Waals surface area contributed by atoms with E-state index >= 15 is 0 Å². The van der Waals surface area contributed by atoms with Gasteiger partial charge in [-0.1, -0.05) is 0 Å². The number of hydrogen-bond donors (Lipinski definition) is 0. The normalized spacial score (nSPS) is 10.2. The number of benzene rings is 1. The minimum absolute atomic E-state index is 0.0296. The molecule has 98 valence electrons. The zero-order valence-corrected chi connectivity index (χ0v) is 9.90. The van der Waals surface area contributed by atoms with Gasteiger partial charge >= 0.3 is 5.97 Å². The lowest BCUT2D eigenvalue weighted by molar-refractivity contribution is -0.384. The number of rotatable bonds is 4. The fourth-order valence-electron chi connectivity index (χ4n) is 1.36. The molecule has 0 unspecified atom stereocenters. The molecular weight excluding hydrogens is 254 g/mol. The average Bonchev–Trinajstić information content (AvgIpc) is 2.87. The van der Waals surface area contributed by atoms with E-state index in [1.807, 2.05) is 0 Å². The number of esters is 1. The average molecular weight is 263 g/mol. The summed E-state index contributed by atoms with van der Waals surface area (Å²) in [7, 11) is 1.26. The van der Waals surface area contributed by atoms with Gasteiger partial charge in [0.2, 0.25) is 11.8 Å². The number of methoxy groups -OCH3 is 1. The summed E-state index contributed by atoms with van der Waals surface area (Å²) in [6, 6.07) is 5.65. The van der Waals surface area contributed by atoms with Gasteiger partial charge in [0.1, 0.15) is 6.42 Å². The van der Waals surface area contributed by atoms with Crippen molar-refractivity contribution in [3.8, 4) is 11.5 Å². The van der Waals surface area contributed by atoms with E-state index in [1.54, 1.807) is 0 Å². The lowest BCUT2D eigenvalue weighted by atomic mass is 10.2. The van der Waals surface area contributed by atoms with Gasteiger partial charge in [0, 0.05) is 17.7 Å². The standard InChI is InChI=1S/C11H9N3O5/c1-18-10(15)6-9-12-13-11(19-9)7-2-4-8(5-3-7)14(16)17/h2-5H,6H2,1H3. The van der Waals surface area contributed by atoms with Crippen LogP contribution in [0.25, 0.3) is 11.5 Å². The summed E-state index contributed by atoms with van der Waals surface area (Å²) in [5.41, 5.74) is 0.507. The summed E-state index contributed by atoms with van der Waals surface area (Å²) in [5.74, 6) is -0.173. The number of nitrogens with zero attached hydrogens (tertiary/aromatic N) is 3. The zero-order chi connectivity index (χ0) is 13.8. The van der Waals surface area contributed by atoms with Crippen molar-refractivity contribution >= 4 is 11.7 Å². The summed E-state index contributed by atoms with van der Waals surface area (Å²) >= 11 is 0. The molecule has 0 aliphatic rings. The van der Waals surface area contributed by atoms with Crippen LogP contribution in [0.15, 0.2) is 28.7 Å². The molecule has 1 heterocycles. The first-order valence-electron chi connectivity index (χ1n) is 5.24. The Bertz CT molecular complexity index is 605. The molecule has 0 bridgehead atoms. The number of aromatic nitrogens is 2. The predicted molar refractivity (Wildman–Crippen MR) is 62.1 cm³/mol. The summed E-state index contributed by atoms with van der Waals surface area (Å²) in [6.45, 7) is 0. The third-order valence-corrected chi connectivity index (χ3v) is 2.32. The molecule has 0 saturated heterocycles. The van der Waals surface area contributed by atoms with Crippen LogP contribution in [0.1, 0.15) is 5.89 Å². The number of non-ortho nitro benzene ring substituents is 1. The maximum absolute atomic E-state index is 11.0. The van der Waals surface area contributed by atoms with Crippen molar-refractivity contribution in [2.24, 2.45) is 0 Å². The number of hydrogen-bond acceptors (Lipinski definition) is 7. The molecule has 8 nitrogen and oxygen atoms in total. The Morgan fingerprint density at radius 2 is 2.05 bits per heavy atom. The molecule has 0 N–H and O–H groups in total. The van der Waals surface area contributed by atoms with E-state index in [0.29, 0.717) is 5.56 Å². The summed E-state index contributed by atoms with van der Waals surface area (Å²) in [6.07, 6.45) is -0.115. The Morgan fingerprint density at radius 3 is 2.63 bits per heavy atom. The molecule has 0 spiro atoms. The zero-order valence-electron chi connectivity index (χ0n) is 9.90. The smallest absolute Gasteiger partial charge is 0.315 e. The number of nitro benzene ring substituents is 1. The first kappa shape index (κ1) is 12.7. The van der Waals surface area contributed by atoms with Crippen molar-refractivity contribution in [1.82, 2.24) is 10.2 Å². The monoisotopic (exact) mass is 263 g/mol. The topological polar surface area (TPSA) is 108 Å². The van der Waals surface area contributed by atoms with Crippen LogP contribution in [-0.2, 0) is 16.0 Å². The minimum Gasteiger partial charge on any atom is -0.469 e. The van der Waals surface area contributed by atoms with Gasteiger partial charge in [-0.3, -0.25) is 14.9 Å². The Labute approximate surface area is 107 Å². The second-order valence-corrected chi connectivity index (χ2v) is 3.56. The van der Waals surface area contributed by atoms with Crippen LogP contribution in [0.4, 0.5) is 5.69 Å². The SMILES string of the molecule is COC(=O)Cc1nnc(-c2ccc([N+](=O)[O-])cc2)o1. The van der Waals surface area contributed by atoms with E-state index in [2.05, 4.69) is 14.9 Å². The van der Waals surface area contributed by atoms with Crippen molar-refractivity contribution in [3.63, 3.8) is 0 Å². The largest absolute Gasteiger partial charge is 0.469 e. The molecule has 0 radical (unpaired) electrons. The summed E-state index contributed by atoms with van der Waals surface area (Å²) in [4.78, 5) is 21.0. The van der Waals surface area contributed by atoms with Gasteiger partial charge in [-0.05, 0) is 12.1 Å². The van der Waals surface area contributed by atoms with E-state index in [-0.39, 0.29) is 23.9 Å². The van der Waals surface area contributed by atoms with Crippen molar-refractivity contribution in [3.05, 3.63) is 40.3 Å². The highest BCUT2D eigenvalue weighted by Crippen LogP contribution is 2.21. The van der Waals surface area contributed by atoms with Crippen LogP contribution in [0.5, 0.6) is 0 Å². The van der Waals surface area contributed by atoms with Crippen molar-refractivity contribution in [1.29, 1.82) is 0 Å². The van der Waals surface area contributed by atoms with Gasteiger partial charge in [-0.15, -0.1) is 10.2 Å². The molecule has 2 rings (SSSR count). The Hall–Kier alpha value is -2.77. The molecule has 8 heteroatoms. The van der Waals surface area contributed by atoms with Crippen LogP contribution >= 0.6 is 0 Å². The highest BCUT2D eigenvalue weighted by atomic mass is 16.6. The molecule has 0 saturated carbocycles. The third kappa shape index (κ3) is 2.92. The number of carbonyl (C=O) groups excluding carboxylic acids is 1. The Balaban J connectivity index is 2.18. The fraction of sp³-hybridized carbons (Fsp3) is 0.182. The number of nitro groups is 1. The maximum atomic E-state index is 11.0. The predicted octanol–water partition coefficient (Wildman–Crippen LogP) is 1.36. The molecule has 1 aromatic heterocycles. The van der Waals surface area contributed by atoms with Gasteiger partial charge in [-0.2, -0.15) is 0 Å². The van der Waals surface area contributed by atoms with Gasteiger partial charge in [0.05, 0.1) is 12.0 Å². The molecule has 0 atom stereocenters. The number of carbonyl (C=O) groups is 1. The van der Waals surface area contributed by atoms with E-state index in [4.69, 9.17) is 4.42 Å². The maximum Gasteiger partial charge on any atom is 0.315 e. The van der Waals surface area contributed by atoms with E-state index in [9.17, 15) is 14.9 Å². The Kier molecular flexibility index (Phi) is 3.51. The van der Waals surface area contributed by atoms with Crippen molar-refractivity contribution < 1.29 is 18.9 Å². The molecule has 1 aromatic carbocycles. The van der Waals surface area contributed by atoms with Crippen LogP contribution in [0, 0.1) is 10.1 Å². The van der Waals surface area contributed by atoms with Crippen LogP contribution in [0.3, 0.4) is 0 Å². The highest BCUT2D eigenvalue weighted by molar-refractivity contribution is 5.71. The molecule has 0 aliphatic heterocycles. The summed E-state index contributed by atoms with van der Waals surface area (Å²) in [5, 5.41) is 18.0. The quantitative estimate of drug-likeness (QED) is 0.465. The summed E-state index contributed by atoms with van der Waals surface area (Å²) < 4.78 is 9.72. The lowest BCUT2D eigenvalue weighted by Crippen LogP contribution is -2.04. The fourth-order valence-corrected chi connectivity index (χ4v) is 1.36. The van der Waals surface area contributed by atoms with Gasteiger partial charge in [-0.25, -0.2) is 0 Å². The Morgan fingerprint density at radius 1 is 1.37 bits per heavy atom. The van der Waals surface area contributed by atoms with Crippen LogP contribution in [0.2, 0.25) is 0 Å².